The van der Waals surface area contributed by atoms with Crippen molar-refractivity contribution >= 4 is 23.3 Å². The first-order valence-corrected chi connectivity index (χ1v) is 8.00. The van der Waals surface area contributed by atoms with E-state index in [4.69, 9.17) is 17.3 Å². The van der Waals surface area contributed by atoms with Gasteiger partial charge < -0.3 is 10.6 Å². The first-order chi connectivity index (χ1) is 11.0. The molecule has 1 amide bonds. The molecule has 0 saturated carbocycles. The highest BCUT2D eigenvalue weighted by Gasteiger charge is 2.33. The summed E-state index contributed by atoms with van der Waals surface area (Å²) in [5, 5.41) is 8.18. The van der Waals surface area contributed by atoms with Crippen molar-refractivity contribution in [3.63, 3.8) is 0 Å². The Hall–Kier alpha value is -2.14. The first kappa shape index (κ1) is 15.7. The first-order valence-electron chi connectivity index (χ1n) is 7.62. The molecule has 1 fully saturated rings. The van der Waals surface area contributed by atoms with Gasteiger partial charge in [0.25, 0.3) is 5.91 Å². The minimum Gasteiger partial charge on any atom is -0.365 e. The number of rotatable bonds is 3. The molecule has 1 aromatic heterocycles. The third kappa shape index (κ3) is 3.01. The van der Waals surface area contributed by atoms with Gasteiger partial charge in [0, 0.05) is 18.5 Å². The molecule has 5 nitrogen and oxygen atoms in total. The molecule has 23 heavy (non-hydrogen) atoms. The van der Waals surface area contributed by atoms with E-state index in [1.165, 1.54) is 17.2 Å². The summed E-state index contributed by atoms with van der Waals surface area (Å²) in [6.07, 6.45) is 0.993. The summed E-state index contributed by atoms with van der Waals surface area (Å²) in [4.78, 5) is 13.8. The highest BCUT2D eigenvalue weighted by molar-refractivity contribution is 6.29. The summed E-state index contributed by atoms with van der Waals surface area (Å²) in [6.45, 7) is 5.03. The number of hydrogen-bond donors (Lipinski definition) is 1. The van der Waals surface area contributed by atoms with Crippen LogP contribution in [0.25, 0.3) is 0 Å². The van der Waals surface area contributed by atoms with Crippen LogP contribution >= 0.6 is 11.6 Å². The SMILES string of the molecule is Cc1ccccc1C1CC(C)N(c2nnc(Cl)cc2C(N)=O)C1. The van der Waals surface area contributed by atoms with E-state index >= 15 is 0 Å². The number of nitrogens with two attached hydrogens (primary N) is 1. The summed E-state index contributed by atoms with van der Waals surface area (Å²) in [7, 11) is 0. The van der Waals surface area contributed by atoms with Gasteiger partial charge >= 0.3 is 0 Å². The smallest absolute Gasteiger partial charge is 0.252 e. The molecule has 0 spiro atoms. The van der Waals surface area contributed by atoms with Crippen molar-refractivity contribution in [1.82, 2.24) is 10.2 Å². The van der Waals surface area contributed by atoms with Crippen LogP contribution in [0.2, 0.25) is 5.15 Å². The Balaban J connectivity index is 1.94. The third-order valence-electron chi connectivity index (χ3n) is 4.49. The van der Waals surface area contributed by atoms with Crippen molar-refractivity contribution in [2.75, 3.05) is 11.4 Å². The Kier molecular flexibility index (Phi) is 4.22. The monoisotopic (exact) mass is 330 g/mol. The Bertz CT molecular complexity index is 749. The van der Waals surface area contributed by atoms with Crippen molar-refractivity contribution in [3.05, 3.63) is 52.2 Å². The van der Waals surface area contributed by atoms with Crippen LogP contribution < -0.4 is 10.6 Å². The minimum atomic E-state index is -0.539. The van der Waals surface area contributed by atoms with E-state index in [1.807, 2.05) is 6.07 Å². The molecule has 0 radical (unpaired) electrons. The van der Waals surface area contributed by atoms with E-state index in [2.05, 4.69) is 47.1 Å². The average Bonchev–Trinajstić information content (AvgIpc) is 2.89. The van der Waals surface area contributed by atoms with E-state index in [0.717, 1.165) is 13.0 Å². The van der Waals surface area contributed by atoms with Crippen LogP contribution in [0.1, 0.15) is 40.7 Å². The maximum absolute atomic E-state index is 11.7. The Morgan fingerprint density at radius 2 is 2.09 bits per heavy atom. The summed E-state index contributed by atoms with van der Waals surface area (Å²) in [5.41, 5.74) is 8.41. The fourth-order valence-corrected chi connectivity index (χ4v) is 3.50. The molecule has 2 atom stereocenters. The second-order valence-corrected chi connectivity index (χ2v) is 6.45. The van der Waals surface area contributed by atoms with Crippen LogP contribution in [-0.2, 0) is 0 Å². The van der Waals surface area contributed by atoms with Crippen LogP contribution in [0.15, 0.2) is 30.3 Å². The quantitative estimate of drug-likeness (QED) is 0.939. The predicted molar refractivity (Wildman–Crippen MR) is 90.9 cm³/mol. The number of amides is 1. The van der Waals surface area contributed by atoms with E-state index < -0.39 is 5.91 Å². The van der Waals surface area contributed by atoms with Gasteiger partial charge in [-0.1, -0.05) is 35.9 Å². The molecule has 1 aliphatic rings. The van der Waals surface area contributed by atoms with Crippen LogP contribution in [0.5, 0.6) is 0 Å². The highest BCUT2D eigenvalue weighted by Crippen LogP contribution is 2.36. The molecule has 0 bridgehead atoms. The normalized spacial score (nSPS) is 20.7. The topological polar surface area (TPSA) is 72.1 Å². The largest absolute Gasteiger partial charge is 0.365 e. The number of carbonyl (C=O) groups is 1. The van der Waals surface area contributed by atoms with Crippen molar-refractivity contribution in [3.8, 4) is 0 Å². The highest BCUT2D eigenvalue weighted by atomic mass is 35.5. The van der Waals surface area contributed by atoms with Crippen molar-refractivity contribution in [1.29, 1.82) is 0 Å². The summed E-state index contributed by atoms with van der Waals surface area (Å²) >= 11 is 5.85. The van der Waals surface area contributed by atoms with Gasteiger partial charge in [0.1, 0.15) is 0 Å². The molecular formula is C17H19ClN4O. The molecule has 2 aromatic rings. The molecule has 0 aliphatic carbocycles. The Labute approximate surface area is 140 Å². The fraction of sp³-hybridized carbons (Fsp3) is 0.353. The Morgan fingerprint density at radius 1 is 1.35 bits per heavy atom. The minimum absolute atomic E-state index is 0.171. The maximum Gasteiger partial charge on any atom is 0.252 e. The zero-order chi connectivity index (χ0) is 16.6. The lowest BCUT2D eigenvalue weighted by Crippen LogP contribution is -2.31. The number of carbonyl (C=O) groups excluding carboxylic acids is 1. The number of anilines is 1. The number of aryl methyl sites for hydroxylation is 1. The van der Waals surface area contributed by atoms with Gasteiger partial charge in [0.15, 0.2) is 11.0 Å². The number of benzene rings is 1. The van der Waals surface area contributed by atoms with Crippen LogP contribution in [0.4, 0.5) is 5.82 Å². The molecule has 2 unspecified atom stereocenters. The molecule has 1 saturated heterocycles. The lowest BCUT2D eigenvalue weighted by Gasteiger charge is -2.23. The van der Waals surface area contributed by atoms with Gasteiger partial charge in [-0.15, -0.1) is 10.2 Å². The van der Waals surface area contributed by atoms with Gasteiger partial charge in [-0.25, -0.2) is 0 Å². The van der Waals surface area contributed by atoms with Crippen LogP contribution in [-0.4, -0.2) is 28.7 Å². The number of nitrogens with zero attached hydrogens (tertiary/aromatic N) is 3. The third-order valence-corrected chi connectivity index (χ3v) is 4.67. The Morgan fingerprint density at radius 3 is 2.78 bits per heavy atom. The second-order valence-electron chi connectivity index (χ2n) is 6.06. The molecule has 2 N–H and O–H groups in total. The average molecular weight is 331 g/mol. The van der Waals surface area contributed by atoms with Crippen molar-refractivity contribution < 1.29 is 4.79 Å². The van der Waals surface area contributed by atoms with Gasteiger partial charge in [-0.05, 0) is 37.5 Å². The van der Waals surface area contributed by atoms with Gasteiger partial charge in [-0.3, -0.25) is 4.79 Å². The number of halogens is 1. The fourth-order valence-electron chi connectivity index (χ4n) is 3.35. The van der Waals surface area contributed by atoms with Crippen molar-refractivity contribution in [2.45, 2.75) is 32.2 Å². The molecule has 120 valence electrons. The van der Waals surface area contributed by atoms with Crippen molar-refractivity contribution in [2.24, 2.45) is 5.73 Å². The maximum atomic E-state index is 11.7. The van der Waals surface area contributed by atoms with Crippen LogP contribution in [0, 0.1) is 6.92 Å². The predicted octanol–water partition coefficient (Wildman–Crippen LogP) is 2.92. The van der Waals surface area contributed by atoms with Gasteiger partial charge in [0.2, 0.25) is 0 Å². The molecule has 1 aromatic carbocycles. The van der Waals surface area contributed by atoms with Crippen LogP contribution in [0.3, 0.4) is 0 Å². The lowest BCUT2D eigenvalue weighted by molar-refractivity contribution is 0.1000. The summed E-state index contributed by atoms with van der Waals surface area (Å²) in [6, 6.07) is 10.1. The lowest BCUT2D eigenvalue weighted by atomic mass is 9.93. The van der Waals surface area contributed by atoms with Gasteiger partial charge in [0.05, 0.1) is 5.56 Å². The zero-order valence-electron chi connectivity index (χ0n) is 13.2. The zero-order valence-corrected chi connectivity index (χ0v) is 13.9. The number of aromatic nitrogens is 2. The molecular weight excluding hydrogens is 312 g/mol. The number of hydrogen-bond acceptors (Lipinski definition) is 4. The molecule has 3 rings (SSSR count). The van der Waals surface area contributed by atoms with E-state index in [-0.39, 0.29) is 11.2 Å². The second kappa shape index (κ2) is 6.16. The molecule has 2 heterocycles. The standard InChI is InChI=1S/C17H19ClN4O/c1-10-5-3-4-6-13(10)12-7-11(2)22(9-12)17-14(16(19)23)8-15(18)20-21-17/h3-6,8,11-12H,7,9H2,1-2H3,(H2,19,23). The van der Waals surface area contributed by atoms with Gasteiger partial charge in [-0.2, -0.15) is 0 Å². The summed E-state index contributed by atoms with van der Waals surface area (Å²) < 4.78 is 0. The van der Waals surface area contributed by atoms with E-state index in [0.29, 0.717) is 17.3 Å². The number of primary amides is 1. The summed E-state index contributed by atoms with van der Waals surface area (Å²) in [5.74, 6) is 0.373. The van der Waals surface area contributed by atoms with E-state index in [9.17, 15) is 4.79 Å². The molecule has 6 heteroatoms. The van der Waals surface area contributed by atoms with E-state index in [1.54, 1.807) is 0 Å². The molecule has 1 aliphatic heterocycles.